The molecule has 2 nitrogen and oxygen atoms in total. The van der Waals surface area contributed by atoms with Crippen LogP contribution >= 0.6 is 0 Å². The summed E-state index contributed by atoms with van der Waals surface area (Å²) in [5.41, 5.74) is 5.67. The molecule has 1 fully saturated rings. The van der Waals surface area contributed by atoms with Gasteiger partial charge in [-0.05, 0) is 19.9 Å². The van der Waals surface area contributed by atoms with Crippen LogP contribution in [-0.4, -0.2) is 20.5 Å². The SMILES string of the molecule is CNC1CCCCCC([B]N)CCCC1. The lowest BCUT2D eigenvalue weighted by Gasteiger charge is -2.15. The van der Waals surface area contributed by atoms with Crippen LogP contribution in [-0.2, 0) is 0 Å². The van der Waals surface area contributed by atoms with E-state index < -0.39 is 0 Å². The third-order valence-electron chi connectivity index (χ3n) is 3.69. The van der Waals surface area contributed by atoms with E-state index in [1.54, 1.807) is 0 Å². The smallest absolute Gasteiger partial charge is 0.205 e. The van der Waals surface area contributed by atoms with Crippen LogP contribution in [0.3, 0.4) is 0 Å². The number of nitrogens with one attached hydrogen (secondary N) is 1. The molecule has 3 N–H and O–H groups in total. The summed E-state index contributed by atoms with van der Waals surface area (Å²) in [6.07, 6.45) is 12.1. The van der Waals surface area contributed by atoms with Gasteiger partial charge < -0.3 is 11.0 Å². The van der Waals surface area contributed by atoms with Gasteiger partial charge in [0.15, 0.2) is 0 Å². The summed E-state index contributed by atoms with van der Waals surface area (Å²) in [7, 11) is 4.02. The highest BCUT2D eigenvalue weighted by molar-refractivity contribution is 6.33. The van der Waals surface area contributed by atoms with Crippen LogP contribution in [0.25, 0.3) is 0 Å². The Hall–Kier alpha value is -0.0151. The van der Waals surface area contributed by atoms with Crippen molar-refractivity contribution in [2.75, 3.05) is 7.05 Å². The van der Waals surface area contributed by atoms with E-state index in [4.69, 9.17) is 5.64 Å². The third-order valence-corrected chi connectivity index (χ3v) is 3.69. The molecule has 0 aromatic rings. The first-order chi connectivity index (χ1) is 7.36. The summed E-state index contributed by atoms with van der Waals surface area (Å²) in [6.45, 7) is 0. The standard InChI is InChI=1S/C12H26BN2/c1-15-12-9-4-2-3-7-11(13-14)8-5-6-10-12/h11-12,15H,2-10,14H2,1H3. The molecule has 87 valence electrons. The molecule has 0 heterocycles. The molecule has 1 rings (SSSR count). The summed E-state index contributed by atoms with van der Waals surface area (Å²) in [6, 6.07) is 0.753. The van der Waals surface area contributed by atoms with Gasteiger partial charge in [-0.15, -0.1) is 0 Å². The van der Waals surface area contributed by atoms with Gasteiger partial charge in [0.05, 0.1) is 0 Å². The summed E-state index contributed by atoms with van der Waals surface area (Å²) >= 11 is 0. The highest BCUT2D eigenvalue weighted by Gasteiger charge is 2.11. The fourth-order valence-electron chi connectivity index (χ4n) is 2.54. The van der Waals surface area contributed by atoms with Gasteiger partial charge in [0.2, 0.25) is 7.41 Å². The van der Waals surface area contributed by atoms with Crippen LogP contribution in [0, 0.1) is 0 Å². The van der Waals surface area contributed by atoms with E-state index in [2.05, 4.69) is 12.4 Å². The van der Waals surface area contributed by atoms with E-state index >= 15 is 0 Å². The van der Waals surface area contributed by atoms with Crippen molar-refractivity contribution in [1.29, 1.82) is 0 Å². The van der Waals surface area contributed by atoms with Gasteiger partial charge in [-0.25, -0.2) is 0 Å². The van der Waals surface area contributed by atoms with Crippen molar-refractivity contribution in [2.45, 2.75) is 69.6 Å². The summed E-state index contributed by atoms with van der Waals surface area (Å²) in [5, 5.41) is 3.43. The monoisotopic (exact) mass is 209 g/mol. The Bertz CT molecular complexity index is 137. The van der Waals surface area contributed by atoms with Crippen molar-refractivity contribution in [3.05, 3.63) is 0 Å². The predicted molar refractivity (Wildman–Crippen MR) is 68.1 cm³/mol. The van der Waals surface area contributed by atoms with Crippen LogP contribution in [0.15, 0.2) is 0 Å². The first-order valence-corrected chi connectivity index (χ1v) is 6.59. The van der Waals surface area contributed by atoms with Crippen LogP contribution in [0.1, 0.15) is 57.8 Å². The van der Waals surface area contributed by atoms with Gasteiger partial charge >= 0.3 is 0 Å². The maximum absolute atomic E-state index is 5.67. The molecule has 0 amide bonds. The van der Waals surface area contributed by atoms with Gasteiger partial charge in [0, 0.05) is 6.04 Å². The molecule has 0 aliphatic heterocycles. The molecular weight excluding hydrogens is 183 g/mol. The molecule has 0 spiro atoms. The highest BCUT2D eigenvalue weighted by atomic mass is 14.9. The van der Waals surface area contributed by atoms with E-state index in [-0.39, 0.29) is 0 Å². The Labute approximate surface area is 95.6 Å². The molecule has 1 aliphatic rings. The number of rotatable bonds is 2. The normalized spacial score (nSPS) is 30.5. The quantitative estimate of drug-likeness (QED) is 0.685. The Balaban J connectivity index is 2.29. The van der Waals surface area contributed by atoms with Crippen molar-refractivity contribution in [1.82, 2.24) is 5.32 Å². The van der Waals surface area contributed by atoms with E-state index in [1.807, 2.05) is 7.41 Å². The Morgan fingerprint density at radius 2 is 1.47 bits per heavy atom. The molecule has 2 unspecified atom stereocenters. The maximum Gasteiger partial charge on any atom is 0.205 e. The third kappa shape index (κ3) is 5.57. The van der Waals surface area contributed by atoms with E-state index in [1.165, 1.54) is 57.8 Å². The van der Waals surface area contributed by atoms with Crippen LogP contribution < -0.4 is 11.0 Å². The Morgan fingerprint density at radius 1 is 0.933 bits per heavy atom. The molecule has 1 aliphatic carbocycles. The Morgan fingerprint density at radius 3 is 2.07 bits per heavy atom. The summed E-state index contributed by atoms with van der Waals surface area (Å²) in [4.78, 5) is 0. The summed E-state index contributed by atoms with van der Waals surface area (Å²) < 4.78 is 0. The minimum Gasteiger partial charge on any atom is -0.374 e. The van der Waals surface area contributed by atoms with Crippen LogP contribution in [0.5, 0.6) is 0 Å². The average molecular weight is 209 g/mol. The first-order valence-electron chi connectivity index (χ1n) is 6.59. The minimum atomic E-state index is 0.677. The molecule has 1 radical (unpaired) electrons. The second-order valence-electron chi connectivity index (χ2n) is 4.86. The first kappa shape index (κ1) is 13.1. The molecular formula is C12H26BN2. The lowest BCUT2D eigenvalue weighted by molar-refractivity contribution is 0.450. The maximum atomic E-state index is 5.67. The second kappa shape index (κ2) is 8.17. The highest BCUT2D eigenvalue weighted by Crippen LogP contribution is 2.23. The number of hydrogen-bond donors (Lipinski definition) is 2. The molecule has 0 aromatic heterocycles. The average Bonchev–Trinajstić information content (AvgIpc) is 2.32. The lowest BCUT2D eigenvalue weighted by atomic mass is 9.71. The molecule has 3 heteroatoms. The fraction of sp³-hybridized carbons (Fsp3) is 1.00. The van der Waals surface area contributed by atoms with Gasteiger partial charge in [-0.1, -0.05) is 50.8 Å². The largest absolute Gasteiger partial charge is 0.374 e. The van der Waals surface area contributed by atoms with Gasteiger partial charge in [-0.2, -0.15) is 0 Å². The zero-order chi connectivity index (χ0) is 10.9. The van der Waals surface area contributed by atoms with Crippen molar-refractivity contribution < 1.29 is 0 Å². The topological polar surface area (TPSA) is 38.0 Å². The van der Waals surface area contributed by atoms with Crippen molar-refractivity contribution in [2.24, 2.45) is 5.64 Å². The van der Waals surface area contributed by atoms with E-state index in [9.17, 15) is 0 Å². The molecule has 0 bridgehead atoms. The van der Waals surface area contributed by atoms with Gasteiger partial charge in [0.1, 0.15) is 0 Å². The van der Waals surface area contributed by atoms with Gasteiger partial charge in [0.25, 0.3) is 0 Å². The molecule has 0 saturated heterocycles. The summed E-state index contributed by atoms with van der Waals surface area (Å²) in [5.74, 6) is 0.677. The number of hydrogen-bond acceptors (Lipinski definition) is 2. The minimum absolute atomic E-state index is 0.677. The lowest BCUT2D eigenvalue weighted by Crippen LogP contribution is -2.24. The van der Waals surface area contributed by atoms with Crippen molar-refractivity contribution in [3.8, 4) is 0 Å². The zero-order valence-electron chi connectivity index (χ0n) is 10.2. The Kier molecular flexibility index (Phi) is 7.11. The molecule has 0 aromatic carbocycles. The van der Waals surface area contributed by atoms with E-state index in [0.717, 1.165) is 6.04 Å². The number of nitrogens with two attached hydrogens (primary N) is 1. The van der Waals surface area contributed by atoms with Crippen molar-refractivity contribution >= 4 is 7.41 Å². The van der Waals surface area contributed by atoms with Crippen molar-refractivity contribution in [3.63, 3.8) is 0 Å². The molecule has 2 atom stereocenters. The van der Waals surface area contributed by atoms with Crippen LogP contribution in [0.4, 0.5) is 0 Å². The zero-order valence-corrected chi connectivity index (χ0v) is 10.2. The molecule has 1 saturated carbocycles. The molecule has 15 heavy (non-hydrogen) atoms. The van der Waals surface area contributed by atoms with E-state index in [0.29, 0.717) is 5.82 Å². The predicted octanol–water partition coefficient (Wildman–Crippen LogP) is 2.47. The second-order valence-corrected chi connectivity index (χ2v) is 4.86. The fourth-order valence-corrected chi connectivity index (χ4v) is 2.54. The van der Waals surface area contributed by atoms with Gasteiger partial charge in [-0.3, -0.25) is 0 Å². The van der Waals surface area contributed by atoms with Crippen LogP contribution in [0.2, 0.25) is 5.82 Å².